The van der Waals surface area contributed by atoms with Gasteiger partial charge in [0.25, 0.3) is 5.91 Å². The van der Waals surface area contributed by atoms with E-state index in [2.05, 4.69) is 22.3 Å². The first-order valence-electron chi connectivity index (χ1n) is 14.8. The normalized spacial score (nSPS) is 22.6. The molecule has 6 nitrogen and oxygen atoms in total. The van der Waals surface area contributed by atoms with Crippen molar-refractivity contribution in [3.8, 4) is 0 Å². The Kier molecular flexibility index (Phi) is 9.47. The first-order chi connectivity index (χ1) is 19.9. The number of carbonyl (C=O) groups excluding carboxylic acids is 2. The number of carbonyl (C=O) groups is 2. The Labute approximate surface area is 242 Å². The standard InChI is InChI=1S/C34H41FN4O2/c1-24-7-11-27(12-8-24)34(41)39-23-31(21-32(39)33(40)37-30-17-15-29(36)16-18-30)38(20-19-25-5-3-2-4-6-25)22-26-9-13-28(35)14-10-26/h2-14,29-32H,15-23,36H2,1H3,(H,37,40). The molecular formula is C34H41FN4O2. The quantitative estimate of drug-likeness (QED) is 0.395. The second kappa shape index (κ2) is 13.4. The van der Waals surface area contributed by atoms with E-state index in [1.165, 1.54) is 17.7 Å². The molecule has 2 amide bonds. The number of rotatable bonds is 9. The van der Waals surface area contributed by atoms with Crippen LogP contribution in [-0.2, 0) is 17.8 Å². The van der Waals surface area contributed by atoms with Crippen molar-refractivity contribution in [3.63, 3.8) is 0 Å². The Hall–Kier alpha value is -3.55. The molecule has 3 aromatic rings. The van der Waals surface area contributed by atoms with Crippen molar-refractivity contribution >= 4 is 11.8 Å². The third-order valence-electron chi connectivity index (χ3n) is 8.61. The molecule has 0 aromatic heterocycles. The van der Waals surface area contributed by atoms with Crippen LogP contribution < -0.4 is 11.1 Å². The molecule has 1 saturated heterocycles. The number of hydrogen-bond acceptors (Lipinski definition) is 4. The van der Waals surface area contributed by atoms with Gasteiger partial charge < -0.3 is 16.0 Å². The Morgan fingerprint density at radius 1 is 0.927 bits per heavy atom. The highest BCUT2D eigenvalue weighted by molar-refractivity contribution is 5.98. The number of nitrogens with one attached hydrogen (secondary N) is 1. The van der Waals surface area contributed by atoms with E-state index in [1.54, 1.807) is 4.90 Å². The molecule has 41 heavy (non-hydrogen) atoms. The van der Waals surface area contributed by atoms with E-state index >= 15 is 0 Å². The van der Waals surface area contributed by atoms with Gasteiger partial charge in [0.05, 0.1) is 0 Å². The molecular weight excluding hydrogens is 515 g/mol. The van der Waals surface area contributed by atoms with Gasteiger partial charge in [-0.15, -0.1) is 0 Å². The van der Waals surface area contributed by atoms with Crippen LogP contribution in [0, 0.1) is 12.7 Å². The van der Waals surface area contributed by atoms with E-state index in [4.69, 9.17) is 5.73 Å². The summed E-state index contributed by atoms with van der Waals surface area (Å²) in [5, 5.41) is 3.25. The Bertz CT molecular complexity index is 1290. The summed E-state index contributed by atoms with van der Waals surface area (Å²) in [6, 6.07) is 24.2. The van der Waals surface area contributed by atoms with E-state index < -0.39 is 6.04 Å². The lowest BCUT2D eigenvalue weighted by atomic mass is 9.91. The third-order valence-corrected chi connectivity index (χ3v) is 8.61. The molecule has 2 aliphatic rings. The van der Waals surface area contributed by atoms with Gasteiger partial charge in [0.1, 0.15) is 11.9 Å². The zero-order valence-electron chi connectivity index (χ0n) is 23.8. The summed E-state index contributed by atoms with van der Waals surface area (Å²) >= 11 is 0. The van der Waals surface area contributed by atoms with Crippen LogP contribution in [0.2, 0.25) is 0 Å². The zero-order chi connectivity index (χ0) is 28.8. The highest BCUT2D eigenvalue weighted by Crippen LogP contribution is 2.28. The van der Waals surface area contributed by atoms with Crippen molar-refractivity contribution in [1.29, 1.82) is 0 Å². The second-order valence-corrected chi connectivity index (χ2v) is 11.7. The van der Waals surface area contributed by atoms with Gasteiger partial charge in [-0.3, -0.25) is 14.5 Å². The van der Waals surface area contributed by atoms with Crippen molar-refractivity contribution in [2.75, 3.05) is 13.1 Å². The van der Waals surface area contributed by atoms with Crippen molar-refractivity contribution in [3.05, 3.63) is 107 Å². The van der Waals surface area contributed by atoms with E-state index in [0.717, 1.165) is 49.8 Å². The Morgan fingerprint density at radius 2 is 1.61 bits per heavy atom. The molecule has 1 aliphatic heterocycles. The van der Waals surface area contributed by atoms with Crippen LogP contribution in [0.3, 0.4) is 0 Å². The minimum absolute atomic E-state index is 0.0197. The van der Waals surface area contributed by atoms with Crippen LogP contribution in [0.15, 0.2) is 78.9 Å². The average Bonchev–Trinajstić information content (AvgIpc) is 3.44. The number of aryl methyl sites for hydroxylation is 1. The molecule has 3 N–H and O–H groups in total. The van der Waals surface area contributed by atoms with Crippen LogP contribution >= 0.6 is 0 Å². The summed E-state index contributed by atoms with van der Waals surface area (Å²) in [5.41, 5.74) is 9.99. The van der Waals surface area contributed by atoms with Crippen molar-refractivity contribution in [2.24, 2.45) is 5.73 Å². The molecule has 0 spiro atoms. The van der Waals surface area contributed by atoms with Gasteiger partial charge in [-0.25, -0.2) is 4.39 Å². The zero-order valence-corrected chi connectivity index (χ0v) is 23.8. The van der Waals surface area contributed by atoms with Crippen LogP contribution in [-0.4, -0.2) is 58.9 Å². The Balaban J connectivity index is 1.38. The fourth-order valence-corrected chi connectivity index (χ4v) is 6.11. The summed E-state index contributed by atoms with van der Waals surface area (Å²) in [5.74, 6) is -0.470. The van der Waals surface area contributed by atoms with Crippen molar-refractivity contribution in [2.45, 2.75) is 76.2 Å². The summed E-state index contributed by atoms with van der Waals surface area (Å²) in [4.78, 5) is 31.7. The van der Waals surface area contributed by atoms with E-state index in [-0.39, 0.29) is 35.8 Å². The lowest BCUT2D eigenvalue weighted by Gasteiger charge is -2.30. The number of halogens is 1. The second-order valence-electron chi connectivity index (χ2n) is 11.7. The predicted octanol–water partition coefficient (Wildman–Crippen LogP) is 4.85. The summed E-state index contributed by atoms with van der Waals surface area (Å²) in [7, 11) is 0. The molecule has 1 saturated carbocycles. The number of likely N-dealkylation sites (tertiary alicyclic amines) is 1. The number of nitrogens with two attached hydrogens (primary N) is 1. The maximum absolute atomic E-state index is 13.8. The molecule has 3 aromatic carbocycles. The lowest BCUT2D eigenvalue weighted by Crippen LogP contribution is -2.50. The Morgan fingerprint density at radius 3 is 2.29 bits per heavy atom. The third kappa shape index (κ3) is 7.60. The van der Waals surface area contributed by atoms with E-state index in [1.807, 2.05) is 61.5 Å². The fraction of sp³-hybridized carbons (Fsp3) is 0.412. The van der Waals surface area contributed by atoms with Gasteiger partial charge in [-0.05, 0) is 80.8 Å². The van der Waals surface area contributed by atoms with Gasteiger partial charge in [-0.2, -0.15) is 0 Å². The highest BCUT2D eigenvalue weighted by atomic mass is 19.1. The highest BCUT2D eigenvalue weighted by Gasteiger charge is 2.42. The van der Waals surface area contributed by atoms with E-state index in [0.29, 0.717) is 25.1 Å². The molecule has 5 rings (SSSR count). The van der Waals surface area contributed by atoms with Gasteiger partial charge in [0, 0.05) is 43.3 Å². The van der Waals surface area contributed by atoms with Crippen molar-refractivity contribution in [1.82, 2.24) is 15.1 Å². The first-order valence-corrected chi connectivity index (χ1v) is 14.8. The molecule has 1 aliphatic carbocycles. The minimum atomic E-state index is -0.558. The molecule has 0 bridgehead atoms. The molecule has 2 fully saturated rings. The van der Waals surface area contributed by atoms with Gasteiger partial charge in [0.15, 0.2) is 0 Å². The maximum Gasteiger partial charge on any atom is 0.254 e. The molecule has 216 valence electrons. The predicted molar refractivity (Wildman–Crippen MR) is 160 cm³/mol. The van der Waals surface area contributed by atoms with Gasteiger partial charge in [0.2, 0.25) is 5.91 Å². The lowest BCUT2D eigenvalue weighted by molar-refractivity contribution is -0.125. The van der Waals surface area contributed by atoms with Crippen LogP contribution in [0.4, 0.5) is 4.39 Å². The fourth-order valence-electron chi connectivity index (χ4n) is 6.11. The maximum atomic E-state index is 13.8. The van der Waals surface area contributed by atoms with Crippen LogP contribution in [0.1, 0.15) is 59.2 Å². The smallest absolute Gasteiger partial charge is 0.254 e. The number of amides is 2. The van der Waals surface area contributed by atoms with Gasteiger partial charge >= 0.3 is 0 Å². The van der Waals surface area contributed by atoms with E-state index in [9.17, 15) is 14.0 Å². The SMILES string of the molecule is Cc1ccc(C(=O)N2CC(N(CCc3ccccc3)Cc3ccc(F)cc3)CC2C(=O)NC2CCC(N)CC2)cc1. The monoisotopic (exact) mass is 556 g/mol. The topological polar surface area (TPSA) is 78.7 Å². The van der Waals surface area contributed by atoms with Crippen LogP contribution in [0.25, 0.3) is 0 Å². The number of hydrogen-bond donors (Lipinski definition) is 2. The number of nitrogens with zero attached hydrogens (tertiary/aromatic N) is 2. The summed E-state index contributed by atoms with van der Waals surface area (Å²) in [6.07, 6.45) is 4.91. The largest absolute Gasteiger partial charge is 0.352 e. The first kappa shape index (κ1) is 29.0. The minimum Gasteiger partial charge on any atom is -0.352 e. The molecule has 1 heterocycles. The molecule has 0 radical (unpaired) electrons. The average molecular weight is 557 g/mol. The van der Waals surface area contributed by atoms with Gasteiger partial charge in [-0.1, -0.05) is 60.2 Å². The van der Waals surface area contributed by atoms with Crippen molar-refractivity contribution < 1.29 is 14.0 Å². The summed E-state index contributed by atoms with van der Waals surface area (Å²) < 4.78 is 13.7. The molecule has 2 unspecified atom stereocenters. The number of benzene rings is 3. The molecule has 2 atom stereocenters. The summed E-state index contributed by atoms with van der Waals surface area (Å²) in [6.45, 7) is 3.81. The van der Waals surface area contributed by atoms with Crippen LogP contribution in [0.5, 0.6) is 0 Å². The molecule has 7 heteroatoms.